The molecule has 0 nitrogen and oxygen atoms in total. The fraction of sp³-hybridized carbons (Fsp3) is 0.455. The van der Waals surface area contributed by atoms with E-state index < -0.39 is 0 Å². The third-order valence-corrected chi connectivity index (χ3v) is 4.12. The molecular formula is C22H32Ni. The molecule has 0 unspecified atom stereocenters. The molecule has 0 N–H and O–H groups in total. The van der Waals surface area contributed by atoms with E-state index in [4.69, 9.17) is 0 Å². The smallest absolute Gasteiger partial charge is 0 e. The number of benzene rings is 2. The van der Waals surface area contributed by atoms with Gasteiger partial charge in [0.15, 0.2) is 0 Å². The third kappa shape index (κ3) is 8.96. The van der Waals surface area contributed by atoms with Crippen LogP contribution in [0, 0.1) is 13.8 Å². The van der Waals surface area contributed by atoms with Crippen molar-refractivity contribution in [3.05, 3.63) is 70.8 Å². The molecule has 0 fully saturated rings. The summed E-state index contributed by atoms with van der Waals surface area (Å²) in [7, 11) is 0. The SMILES string of the molecule is CCCCc1ccccc1C.CCCCc1ccccc1C.[Ni]. The molecule has 0 bridgehead atoms. The number of unbranched alkanes of at least 4 members (excludes halogenated alkanes) is 2. The van der Waals surface area contributed by atoms with E-state index in [2.05, 4.69) is 76.2 Å². The summed E-state index contributed by atoms with van der Waals surface area (Å²) < 4.78 is 0. The summed E-state index contributed by atoms with van der Waals surface area (Å²) in [6.07, 6.45) is 7.67. The van der Waals surface area contributed by atoms with Crippen molar-refractivity contribution in [1.82, 2.24) is 0 Å². The number of hydrogen-bond acceptors (Lipinski definition) is 0. The quantitative estimate of drug-likeness (QED) is 0.508. The van der Waals surface area contributed by atoms with Crippen LogP contribution in [-0.2, 0) is 29.3 Å². The maximum Gasteiger partial charge on any atom is 0 e. The van der Waals surface area contributed by atoms with Crippen molar-refractivity contribution in [3.63, 3.8) is 0 Å². The van der Waals surface area contributed by atoms with Crippen LogP contribution in [0.1, 0.15) is 61.8 Å². The third-order valence-electron chi connectivity index (χ3n) is 4.12. The summed E-state index contributed by atoms with van der Waals surface area (Å²) in [6.45, 7) is 8.84. The van der Waals surface area contributed by atoms with Gasteiger partial charge in [-0.1, -0.05) is 75.2 Å². The van der Waals surface area contributed by atoms with E-state index in [1.807, 2.05) is 0 Å². The van der Waals surface area contributed by atoms with Crippen molar-refractivity contribution in [2.24, 2.45) is 0 Å². The normalized spacial score (nSPS) is 9.57. The van der Waals surface area contributed by atoms with E-state index >= 15 is 0 Å². The largest absolute Gasteiger partial charge is 0.0654 e. The summed E-state index contributed by atoms with van der Waals surface area (Å²) in [5.74, 6) is 0. The standard InChI is InChI=1S/2C11H16.Ni/c2*1-3-4-8-11-9-6-5-7-10(11)2;/h2*5-7,9H,3-4,8H2,1-2H3;. The first-order chi connectivity index (χ1) is 10.7. The maximum atomic E-state index is 2.23. The Morgan fingerprint density at radius 1 is 0.609 bits per heavy atom. The van der Waals surface area contributed by atoms with Gasteiger partial charge in [-0.3, -0.25) is 0 Å². The first kappa shape index (κ1) is 21.9. The van der Waals surface area contributed by atoms with Crippen LogP contribution in [0.5, 0.6) is 0 Å². The average molecular weight is 355 g/mol. The molecule has 0 aliphatic rings. The molecule has 2 rings (SSSR count). The van der Waals surface area contributed by atoms with Gasteiger partial charge < -0.3 is 0 Å². The van der Waals surface area contributed by atoms with Crippen LogP contribution in [0.3, 0.4) is 0 Å². The topological polar surface area (TPSA) is 0 Å². The van der Waals surface area contributed by atoms with Gasteiger partial charge >= 0.3 is 0 Å². The molecule has 0 radical (unpaired) electrons. The van der Waals surface area contributed by atoms with Crippen molar-refractivity contribution in [3.8, 4) is 0 Å². The Labute approximate surface area is 153 Å². The molecule has 0 atom stereocenters. The molecule has 0 saturated carbocycles. The zero-order chi connectivity index (χ0) is 16.2. The van der Waals surface area contributed by atoms with Crippen LogP contribution < -0.4 is 0 Å². The molecule has 0 spiro atoms. The van der Waals surface area contributed by atoms with Gasteiger partial charge in [-0.2, -0.15) is 0 Å². The second kappa shape index (κ2) is 13.4. The molecule has 130 valence electrons. The van der Waals surface area contributed by atoms with E-state index in [-0.39, 0.29) is 16.5 Å². The van der Waals surface area contributed by atoms with E-state index in [9.17, 15) is 0 Å². The molecular weight excluding hydrogens is 323 g/mol. The summed E-state index contributed by atoms with van der Waals surface area (Å²) >= 11 is 0. The van der Waals surface area contributed by atoms with Crippen molar-refractivity contribution in [1.29, 1.82) is 0 Å². The Hall–Kier alpha value is -1.07. The summed E-state index contributed by atoms with van der Waals surface area (Å²) in [5, 5.41) is 0. The molecule has 2 aromatic carbocycles. The Morgan fingerprint density at radius 2 is 0.957 bits per heavy atom. The van der Waals surface area contributed by atoms with Crippen LogP contribution in [0.25, 0.3) is 0 Å². The zero-order valence-electron chi connectivity index (χ0n) is 15.2. The Morgan fingerprint density at radius 3 is 1.26 bits per heavy atom. The summed E-state index contributed by atoms with van der Waals surface area (Å²) in [6, 6.07) is 17.3. The fourth-order valence-electron chi connectivity index (χ4n) is 2.52. The van der Waals surface area contributed by atoms with Crippen molar-refractivity contribution in [2.75, 3.05) is 0 Å². The molecule has 0 aliphatic heterocycles. The fourth-order valence-corrected chi connectivity index (χ4v) is 2.52. The summed E-state index contributed by atoms with van der Waals surface area (Å²) in [4.78, 5) is 0. The molecule has 0 amide bonds. The maximum absolute atomic E-state index is 2.23. The minimum Gasteiger partial charge on any atom is -0.0654 e. The van der Waals surface area contributed by atoms with Gasteiger partial charge in [0.05, 0.1) is 0 Å². The number of aryl methyl sites for hydroxylation is 4. The Bertz CT molecular complexity index is 482. The Kier molecular flexibility index (Phi) is 12.8. The van der Waals surface area contributed by atoms with Gasteiger partial charge in [0.1, 0.15) is 0 Å². The van der Waals surface area contributed by atoms with Gasteiger partial charge in [-0.05, 0) is 61.8 Å². The van der Waals surface area contributed by atoms with Crippen LogP contribution in [0.4, 0.5) is 0 Å². The second-order valence-corrected chi connectivity index (χ2v) is 6.06. The molecule has 0 aliphatic carbocycles. The first-order valence-electron chi connectivity index (χ1n) is 8.78. The van der Waals surface area contributed by atoms with Gasteiger partial charge in [0.2, 0.25) is 0 Å². The van der Waals surface area contributed by atoms with E-state index in [1.54, 1.807) is 0 Å². The minimum atomic E-state index is 0. The second-order valence-electron chi connectivity index (χ2n) is 6.06. The van der Waals surface area contributed by atoms with Gasteiger partial charge in [-0.15, -0.1) is 0 Å². The molecule has 0 saturated heterocycles. The van der Waals surface area contributed by atoms with Crippen LogP contribution in [-0.4, -0.2) is 0 Å². The Balaban J connectivity index is 0.000000403. The molecule has 0 heterocycles. The van der Waals surface area contributed by atoms with E-state index in [0.717, 1.165) is 0 Å². The van der Waals surface area contributed by atoms with E-state index in [0.29, 0.717) is 0 Å². The number of rotatable bonds is 6. The predicted octanol–water partition coefficient (Wildman–Crippen LogP) is 6.67. The van der Waals surface area contributed by atoms with Crippen molar-refractivity contribution >= 4 is 0 Å². The average Bonchev–Trinajstić information content (AvgIpc) is 2.54. The summed E-state index contributed by atoms with van der Waals surface area (Å²) in [5.41, 5.74) is 5.88. The van der Waals surface area contributed by atoms with Gasteiger partial charge in [0, 0.05) is 16.5 Å². The van der Waals surface area contributed by atoms with Crippen molar-refractivity contribution < 1.29 is 16.5 Å². The van der Waals surface area contributed by atoms with E-state index in [1.165, 1.54) is 60.8 Å². The van der Waals surface area contributed by atoms with Gasteiger partial charge in [-0.25, -0.2) is 0 Å². The zero-order valence-corrected chi connectivity index (χ0v) is 16.2. The minimum absolute atomic E-state index is 0. The van der Waals surface area contributed by atoms with Crippen LogP contribution >= 0.6 is 0 Å². The van der Waals surface area contributed by atoms with Crippen LogP contribution in [0.2, 0.25) is 0 Å². The van der Waals surface area contributed by atoms with Gasteiger partial charge in [0.25, 0.3) is 0 Å². The predicted molar refractivity (Wildman–Crippen MR) is 99.6 cm³/mol. The molecule has 23 heavy (non-hydrogen) atoms. The monoisotopic (exact) mass is 354 g/mol. The molecule has 0 aromatic heterocycles. The molecule has 1 heteroatoms. The first-order valence-corrected chi connectivity index (χ1v) is 8.78. The molecule has 2 aromatic rings. The number of hydrogen-bond donors (Lipinski definition) is 0. The van der Waals surface area contributed by atoms with Crippen molar-refractivity contribution in [2.45, 2.75) is 66.2 Å². The van der Waals surface area contributed by atoms with Crippen LogP contribution in [0.15, 0.2) is 48.5 Å².